The van der Waals surface area contributed by atoms with Crippen molar-refractivity contribution in [3.05, 3.63) is 64.9 Å². The van der Waals surface area contributed by atoms with E-state index in [0.717, 1.165) is 40.2 Å². The van der Waals surface area contributed by atoms with Crippen LogP contribution in [0.2, 0.25) is 0 Å². The van der Waals surface area contributed by atoms with Crippen LogP contribution in [0, 0.1) is 0 Å². The van der Waals surface area contributed by atoms with Gasteiger partial charge in [-0.15, -0.1) is 0 Å². The fraction of sp³-hybridized carbons (Fsp3) is 0.286. The quantitative estimate of drug-likeness (QED) is 0.633. The van der Waals surface area contributed by atoms with Crippen LogP contribution in [-0.2, 0) is 11.2 Å². The van der Waals surface area contributed by atoms with Crippen LogP contribution in [0.15, 0.2) is 59.3 Å². The van der Waals surface area contributed by atoms with Gasteiger partial charge in [-0.3, -0.25) is 4.79 Å². The van der Waals surface area contributed by atoms with Gasteiger partial charge in [0.1, 0.15) is 6.10 Å². The highest BCUT2D eigenvalue weighted by atomic mass is 79.9. The van der Waals surface area contributed by atoms with Crippen LogP contribution in [0.25, 0.3) is 10.8 Å². The van der Waals surface area contributed by atoms with Gasteiger partial charge in [-0.1, -0.05) is 42.5 Å². The molecular weight excluding hydrogens is 406 g/mol. The number of halogens is 1. The van der Waals surface area contributed by atoms with Gasteiger partial charge in [0.2, 0.25) is 5.91 Å². The van der Waals surface area contributed by atoms with E-state index in [1.807, 2.05) is 29.2 Å². The van der Waals surface area contributed by atoms with Crippen molar-refractivity contribution < 1.29 is 9.53 Å². The summed E-state index contributed by atoms with van der Waals surface area (Å²) in [6.45, 7) is 1.34. The number of likely N-dealkylation sites (tertiary alicyclic amines) is 1. The first-order valence-electron chi connectivity index (χ1n) is 9.07. The van der Waals surface area contributed by atoms with Gasteiger partial charge in [0.05, 0.1) is 17.4 Å². The van der Waals surface area contributed by atoms with Gasteiger partial charge in [0, 0.05) is 18.9 Å². The molecule has 1 saturated heterocycles. The number of carbonyl (C=O) groups excluding carboxylic acids is 1. The molecule has 1 aromatic heterocycles. The van der Waals surface area contributed by atoms with Crippen LogP contribution >= 0.6 is 15.9 Å². The molecular formula is C21H20BrN3O2. The molecule has 1 aliphatic heterocycles. The molecule has 1 aliphatic rings. The van der Waals surface area contributed by atoms with Crippen molar-refractivity contribution in [2.24, 2.45) is 0 Å². The maximum atomic E-state index is 12.9. The van der Waals surface area contributed by atoms with Gasteiger partial charge in [0.15, 0.2) is 0 Å². The number of ether oxygens (including phenoxy) is 1. The van der Waals surface area contributed by atoms with Crippen molar-refractivity contribution >= 4 is 32.6 Å². The fourth-order valence-corrected chi connectivity index (χ4v) is 3.70. The van der Waals surface area contributed by atoms with E-state index < -0.39 is 0 Å². The maximum Gasteiger partial charge on any atom is 0.316 e. The summed E-state index contributed by atoms with van der Waals surface area (Å²) in [5.74, 6) is 0.136. The smallest absolute Gasteiger partial charge is 0.316 e. The Balaban J connectivity index is 1.43. The van der Waals surface area contributed by atoms with Crippen LogP contribution in [0.4, 0.5) is 0 Å². The Morgan fingerprint density at radius 2 is 1.93 bits per heavy atom. The van der Waals surface area contributed by atoms with Gasteiger partial charge in [-0.05, 0) is 45.1 Å². The highest BCUT2D eigenvalue weighted by Gasteiger charge is 2.25. The van der Waals surface area contributed by atoms with E-state index >= 15 is 0 Å². The molecule has 0 radical (unpaired) electrons. The third kappa shape index (κ3) is 4.27. The van der Waals surface area contributed by atoms with Crippen LogP contribution < -0.4 is 4.74 Å². The summed E-state index contributed by atoms with van der Waals surface area (Å²) < 4.78 is 6.68. The van der Waals surface area contributed by atoms with Crippen LogP contribution in [0.5, 0.6) is 6.01 Å². The monoisotopic (exact) mass is 425 g/mol. The van der Waals surface area contributed by atoms with E-state index in [-0.39, 0.29) is 12.0 Å². The molecule has 27 heavy (non-hydrogen) atoms. The van der Waals surface area contributed by atoms with Gasteiger partial charge in [-0.2, -0.15) is 0 Å². The molecule has 1 fully saturated rings. The van der Waals surface area contributed by atoms with E-state index in [1.165, 1.54) is 0 Å². The van der Waals surface area contributed by atoms with Crippen LogP contribution in [0.1, 0.15) is 18.4 Å². The standard InChI is InChI=1S/C21H20BrN3O2/c22-17-12-23-21(24-13-17)27-18-8-4-10-25(14-18)20(26)11-16-7-3-6-15-5-1-2-9-19(15)16/h1-3,5-7,9,12-13,18H,4,8,10-11,14H2/t18-/m1/s1. The molecule has 5 nitrogen and oxygen atoms in total. The zero-order valence-corrected chi connectivity index (χ0v) is 16.4. The van der Waals surface area contributed by atoms with Gasteiger partial charge in [-0.25, -0.2) is 9.97 Å². The molecule has 3 aromatic rings. The SMILES string of the molecule is O=C(Cc1cccc2ccccc12)N1CCC[C@@H](Oc2ncc(Br)cn2)C1. The second kappa shape index (κ2) is 8.05. The molecule has 1 atom stereocenters. The van der Waals surface area contributed by atoms with Crippen molar-refractivity contribution in [3.8, 4) is 6.01 Å². The average Bonchev–Trinajstić information content (AvgIpc) is 2.70. The van der Waals surface area contributed by atoms with Crippen molar-refractivity contribution in [2.45, 2.75) is 25.4 Å². The fourth-order valence-electron chi connectivity index (χ4n) is 3.49. The minimum Gasteiger partial charge on any atom is -0.458 e. The molecule has 138 valence electrons. The molecule has 0 bridgehead atoms. The number of fused-ring (bicyclic) bond motifs is 1. The van der Waals surface area contributed by atoms with Crippen molar-refractivity contribution in [3.63, 3.8) is 0 Å². The zero-order valence-electron chi connectivity index (χ0n) is 14.8. The maximum absolute atomic E-state index is 12.9. The Morgan fingerprint density at radius 1 is 1.15 bits per heavy atom. The number of hydrogen-bond donors (Lipinski definition) is 0. The molecule has 4 rings (SSSR count). The first kappa shape index (κ1) is 17.9. The Morgan fingerprint density at radius 3 is 2.78 bits per heavy atom. The Hall–Kier alpha value is -2.47. The molecule has 0 N–H and O–H groups in total. The van der Waals surface area contributed by atoms with Crippen molar-refractivity contribution in [1.82, 2.24) is 14.9 Å². The summed E-state index contributed by atoms with van der Waals surface area (Å²) >= 11 is 3.31. The Bertz CT molecular complexity index is 940. The largest absolute Gasteiger partial charge is 0.458 e. The summed E-state index contributed by atoms with van der Waals surface area (Å²) in [5.41, 5.74) is 1.07. The predicted octanol–water partition coefficient (Wildman–Crippen LogP) is 4.00. The average molecular weight is 426 g/mol. The third-order valence-electron chi connectivity index (χ3n) is 4.82. The van der Waals surface area contributed by atoms with E-state index in [2.05, 4.69) is 44.1 Å². The highest BCUT2D eigenvalue weighted by molar-refractivity contribution is 9.10. The number of hydrogen-bond acceptors (Lipinski definition) is 4. The summed E-state index contributed by atoms with van der Waals surface area (Å²) in [4.78, 5) is 23.1. The summed E-state index contributed by atoms with van der Waals surface area (Å²) in [7, 11) is 0. The molecule has 2 aromatic carbocycles. The predicted molar refractivity (Wildman–Crippen MR) is 108 cm³/mol. The van der Waals surface area contributed by atoms with Crippen molar-refractivity contribution in [1.29, 1.82) is 0 Å². The topological polar surface area (TPSA) is 55.3 Å². The summed E-state index contributed by atoms with van der Waals surface area (Å²) in [5, 5.41) is 2.30. The minimum absolute atomic E-state index is 0.0728. The van der Waals surface area contributed by atoms with Crippen LogP contribution in [-0.4, -0.2) is 40.0 Å². The zero-order chi connectivity index (χ0) is 18.6. The Kier molecular flexibility index (Phi) is 5.34. The minimum atomic E-state index is -0.0728. The number of piperidine rings is 1. The Labute approximate surface area is 166 Å². The number of carbonyl (C=O) groups is 1. The molecule has 0 spiro atoms. The lowest BCUT2D eigenvalue weighted by atomic mass is 10.0. The van der Waals surface area contributed by atoms with Gasteiger partial charge < -0.3 is 9.64 Å². The number of benzene rings is 2. The lowest BCUT2D eigenvalue weighted by Crippen LogP contribution is -2.45. The second-order valence-corrected chi connectivity index (χ2v) is 7.64. The molecule has 0 saturated carbocycles. The normalized spacial score (nSPS) is 17.1. The number of nitrogens with zero attached hydrogens (tertiary/aromatic N) is 3. The molecule has 2 heterocycles. The van der Waals surface area contributed by atoms with E-state index in [4.69, 9.17) is 4.74 Å². The van der Waals surface area contributed by atoms with E-state index in [9.17, 15) is 4.79 Å². The van der Waals surface area contributed by atoms with Crippen molar-refractivity contribution in [2.75, 3.05) is 13.1 Å². The first-order valence-corrected chi connectivity index (χ1v) is 9.87. The first-order chi connectivity index (χ1) is 13.2. The molecule has 6 heteroatoms. The van der Waals surface area contributed by atoms with E-state index in [1.54, 1.807) is 12.4 Å². The van der Waals surface area contributed by atoms with Gasteiger partial charge >= 0.3 is 6.01 Å². The van der Waals surface area contributed by atoms with Crippen LogP contribution in [0.3, 0.4) is 0 Å². The molecule has 1 amide bonds. The molecule has 0 unspecified atom stereocenters. The third-order valence-corrected chi connectivity index (χ3v) is 5.23. The second-order valence-electron chi connectivity index (χ2n) is 6.72. The number of amides is 1. The lowest BCUT2D eigenvalue weighted by Gasteiger charge is -2.32. The van der Waals surface area contributed by atoms with Gasteiger partial charge in [0.25, 0.3) is 0 Å². The van der Waals surface area contributed by atoms with E-state index in [0.29, 0.717) is 19.0 Å². The number of aromatic nitrogens is 2. The summed E-state index contributed by atoms with van der Waals surface area (Å²) in [6, 6.07) is 14.7. The summed E-state index contributed by atoms with van der Waals surface area (Å²) in [6.07, 6.45) is 5.47. The number of rotatable bonds is 4. The lowest BCUT2D eigenvalue weighted by molar-refractivity contribution is -0.133. The molecule has 0 aliphatic carbocycles. The highest BCUT2D eigenvalue weighted by Crippen LogP contribution is 2.21.